The molecule has 0 radical (unpaired) electrons. The number of nitrogens with two attached hydrogens (primary N) is 1. The van der Waals surface area contributed by atoms with Crippen molar-refractivity contribution in [2.75, 3.05) is 5.73 Å². The molecular formula is C14H11Cl2NO3. The zero-order chi connectivity index (χ0) is 14.9. The summed E-state index contributed by atoms with van der Waals surface area (Å²) in [5.74, 6) is -0.439. The third kappa shape index (κ3) is 2.98. The van der Waals surface area contributed by atoms with Crippen LogP contribution < -0.4 is 10.5 Å². The standard InChI is InChI=1S/C14H11Cl2NO3/c1-7-4-9(6-10(13(7)17)14(18)19)20-12-5-8(15)2-3-11(12)16/h2-6H,17H2,1H3,(H,18,19). The molecule has 0 unspecified atom stereocenters. The Labute approximate surface area is 125 Å². The van der Waals surface area contributed by atoms with Crippen molar-refractivity contribution in [1.82, 2.24) is 0 Å². The smallest absolute Gasteiger partial charge is 0.337 e. The van der Waals surface area contributed by atoms with Crippen molar-refractivity contribution in [2.45, 2.75) is 6.92 Å². The van der Waals surface area contributed by atoms with Crippen LogP contribution in [0.5, 0.6) is 11.5 Å². The first-order valence-electron chi connectivity index (χ1n) is 5.65. The molecule has 2 aromatic rings. The van der Waals surface area contributed by atoms with Gasteiger partial charge in [0.1, 0.15) is 11.5 Å². The van der Waals surface area contributed by atoms with Crippen LogP contribution in [0, 0.1) is 6.92 Å². The van der Waals surface area contributed by atoms with Gasteiger partial charge in [0, 0.05) is 16.8 Å². The normalized spacial score (nSPS) is 10.3. The lowest BCUT2D eigenvalue weighted by Crippen LogP contribution is -2.04. The van der Waals surface area contributed by atoms with Crippen molar-refractivity contribution in [3.8, 4) is 11.5 Å². The zero-order valence-electron chi connectivity index (χ0n) is 10.5. The van der Waals surface area contributed by atoms with Gasteiger partial charge in [0.25, 0.3) is 0 Å². The number of ether oxygens (including phenoxy) is 1. The fourth-order valence-corrected chi connectivity index (χ4v) is 2.00. The van der Waals surface area contributed by atoms with Gasteiger partial charge < -0.3 is 15.6 Å². The molecular weight excluding hydrogens is 301 g/mol. The van der Waals surface area contributed by atoms with Crippen LogP contribution in [-0.4, -0.2) is 11.1 Å². The first-order valence-corrected chi connectivity index (χ1v) is 6.40. The van der Waals surface area contributed by atoms with Crippen molar-refractivity contribution in [2.24, 2.45) is 0 Å². The number of hydrogen-bond acceptors (Lipinski definition) is 3. The van der Waals surface area contributed by atoms with Crippen molar-refractivity contribution < 1.29 is 14.6 Å². The summed E-state index contributed by atoms with van der Waals surface area (Å²) in [5, 5.41) is 9.94. The number of anilines is 1. The molecule has 0 atom stereocenters. The van der Waals surface area contributed by atoms with Gasteiger partial charge in [-0.1, -0.05) is 23.2 Å². The minimum absolute atomic E-state index is 0.0156. The second-order valence-electron chi connectivity index (χ2n) is 4.18. The van der Waals surface area contributed by atoms with Gasteiger partial charge in [0.05, 0.1) is 10.6 Å². The molecule has 0 amide bonds. The van der Waals surface area contributed by atoms with Crippen molar-refractivity contribution in [1.29, 1.82) is 0 Å². The maximum absolute atomic E-state index is 11.1. The molecule has 0 saturated heterocycles. The lowest BCUT2D eigenvalue weighted by molar-refractivity contribution is 0.0697. The second kappa shape index (κ2) is 5.61. The number of rotatable bonds is 3. The molecule has 3 N–H and O–H groups in total. The molecule has 0 spiro atoms. The molecule has 2 rings (SSSR count). The number of halogens is 2. The Bertz CT molecular complexity index is 686. The third-order valence-corrected chi connectivity index (χ3v) is 3.26. The summed E-state index contributed by atoms with van der Waals surface area (Å²) in [7, 11) is 0. The van der Waals surface area contributed by atoms with Crippen LogP contribution in [-0.2, 0) is 0 Å². The summed E-state index contributed by atoms with van der Waals surface area (Å²) in [6.07, 6.45) is 0. The Morgan fingerprint density at radius 2 is 1.95 bits per heavy atom. The minimum atomic E-state index is -1.12. The highest BCUT2D eigenvalue weighted by molar-refractivity contribution is 6.34. The number of nitrogen functional groups attached to an aromatic ring is 1. The number of carboxylic acids is 1. The maximum atomic E-state index is 11.1. The highest BCUT2D eigenvalue weighted by atomic mass is 35.5. The number of hydrogen-bond donors (Lipinski definition) is 2. The summed E-state index contributed by atoms with van der Waals surface area (Å²) in [4.78, 5) is 11.1. The van der Waals surface area contributed by atoms with Crippen molar-refractivity contribution >= 4 is 34.9 Å². The molecule has 0 heterocycles. The van der Waals surface area contributed by atoms with Gasteiger partial charge in [0.15, 0.2) is 0 Å². The lowest BCUT2D eigenvalue weighted by Gasteiger charge is -2.11. The van der Waals surface area contributed by atoms with Gasteiger partial charge in [-0.15, -0.1) is 0 Å². The van der Waals surface area contributed by atoms with Gasteiger partial charge in [0.2, 0.25) is 0 Å². The Hall–Kier alpha value is -1.91. The van der Waals surface area contributed by atoms with Gasteiger partial charge in [-0.25, -0.2) is 4.79 Å². The number of benzene rings is 2. The lowest BCUT2D eigenvalue weighted by atomic mass is 10.1. The molecule has 6 heteroatoms. The largest absolute Gasteiger partial charge is 0.478 e. The Balaban J connectivity index is 2.44. The minimum Gasteiger partial charge on any atom is -0.478 e. The third-order valence-electron chi connectivity index (χ3n) is 2.71. The summed E-state index contributed by atoms with van der Waals surface area (Å²) in [6, 6.07) is 7.77. The predicted octanol–water partition coefficient (Wildman–Crippen LogP) is 4.37. The highest BCUT2D eigenvalue weighted by Gasteiger charge is 2.13. The van der Waals surface area contributed by atoms with E-state index in [4.69, 9.17) is 38.8 Å². The van der Waals surface area contributed by atoms with E-state index in [1.807, 2.05) is 0 Å². The van der Waals surface area contributed by atoms with Crippen LogP contribution in [0.3, 0.4) is 0 Å². The fourth-order valence-electron chi connectivity index (χ4n) is 1.68. The van der Waals surface area contributed by atoms with Crippen LogP contribution in [0.4, 0.5) is 5.69 Å². The predicted molar refractivity (Wildman–Crippen MR) is 79.1 cm³/mol. The van der Waals surface area contributed by atoms with E-state index in [9.17, 15) is 4.79 Å². The number of aryl methyl sites for hydroxylation is 1. The van der Waals surface area contributed by atoms with E-state index in [1.54, 1.807) is 31.2 Å². The average molecular weight is 312 g/mol. The SMILES string of the molecule is Cc1cc(Oc2cc(Cl)ccc2Cl)cc(C(=O)O)c1N. The van der Waals surface area contributed by atoms with E-state index in [1.165, 1.54) is 6.07 Å². The van der Waals surface area contributed by atoms with Crippen LogP contribution in [0.2, 0.25) is 10.0 Å². The van der Waals surface area contributed by atoms with Gasteiger partial charge in [-0.05, 0) is 36.8 Å². The average Bonchev–Trinajstić information content (AvgIpc) is 2.37. The second-order valence-corrected chi connectivity index (χ2v) is 5.03. The summed E-state index contributed by atoms with van der Waals surface area (Å²) in [6.45, 7) is 1.70. The number of carbonyl (C=O) groups is 1. The Morgan fingerprint density at radius 1 is 1.25 bits per heavy atom. The summed E-state index contributed by atoms with van der Waals surface area (Å²) >= 11 is 11.9. The van der Waals surface area contributed by atoms with E-state index in [0.29, 0.717) is 27.1 Å². The Kier molecular flexibility index (Phi) is 4.06. The van der Waals surface area contributed by atoms with E-state index < -0.39 is 5.97 Å². The highest BCUT2D eigenvalue weighted by Crippen LogP contribution is 2.34. The monoisotopic (exact) mass is 311 g/mol. The molecule has 0 aliphatic carbocycles. The van der Waals surface area contributed by atoms with Crippen LogP contribution in [0.1, 0.15) is 15.9 Å². The molecule has 104 valence electrons. The van der Waals surface area contributed by atoms with Gasteiger partial charge in [-0.3, -0.25) is 0 Å². The summed E-state index contributed by atoms with van der Waals surface area (Å²) in [5.41, 5.74) is 6.52. The van der Waals surface area contributed by atoms with Crippen molar-refractivity contribution in [3.63, 3.8) is 0 Å². The van der Waals surface area contributed by atoms with E-state index >= 15 is 0 Å². The first kappa shape index (κ1) is 14.5. The number of aromatic carboxylic acids is 1. The quantitative estimate of drug-likeness (QED) is 0.825. The zero-order valence-corrected chi connectivity index (χ0v) is 12.0. The van der Waals surface area contributed by atoms with Crippen LogP contribution in [0.25, 0.3) is 0 Å². The van der Waals surface area contributed by atoms with Crippen molar-refractivity contribution in [3.05, 3.63) is 51.5 Å². The fraction of sp³-hybridized carbons (Fsp3) is 0.0714. The maximum Gasteiger partial charge on any atom is 0.337 e. The van der Waals surface area contributed by atoms with E-state index in [2.05, 4.69) is 0 Å². The van der Waals surface area contributed by atoms with Crippen LogP contribution >= 0.6 is 23.2 Å². The molecule has 0 bridgehead atoms. The summed E-state index contributed by atoms with van der Waals surface area (Å²) < 4.78 is 5.58. The van der Waals surface area contributed by atoms with Gasteiger partial charge >= 0.3 is 5.97 Å². The molecule has 20 heavy (non-hydrogen) atoms. The first-order chi connectivity index (χ1) is 9.38. The molecule has 0 saturated carbocycles. The molecule has 0 aromatic heterocycles. The molecule has 2 aromatic carbocycles. The molecule has 0 aliphatic rings. The Morgan fingerprint density at radius 3 is 2.60 bits per heavy atom. The molecule has 0 aliphatic heterocycles. The molecule has 4 nitrogen and oxygen atoms in total. The topological polar surface area (TPSA) is 72.5 Å². The van der Waals surface area contributed by atoms with Gasteiger partial charge in [-0.2, -0.15) is 0 Å². The number of carboxylic acid groups (broad SMARTS) is 1. The van der Waals surface area contributed by atoms with E-state index in [-0.39, 0.29) is 11.3 Å². The van der Waals surface area contributed by atoms with Crippen LogP contribution in [0.15, 0.2) is 30.3 Å². The molecule has 0 fully saturated rings. The van der Waals surface area contributed by atoms with E-state index in [0.717, 1.165) is 0 Å².